The average molecular weight is 245 g/mol. The van der Waals surface area contributed by atoms with Gasteiger partial charge in [0.2, 0.25) is 0 Å². The van der Waals surface area contributed by atoms with E-state index in [0.29, 0.717) is 12.0 Å². The molecule has 92 valence electrons. The fourth-order valence-corrected chi connectivity index (χ4v) is 2.01. The summed E-state index contributed by atoms with van der Waals surface area (Å²) in [6.07, 6.45) is 0.594. The Bertz CT molecular complexity index is 427. The summed E-state index contributed by atoms with van der Waals surface area (Å²) in [6.45, 7) is 3.73. The number of hydrogen-bond donors (Lipinski definition) is 2. The molecule has 0 saturated heterocycles. The van der Waals surface area contributed by atoms with E-state index in [-0.39, 0.29) is 4.90 Å². The van der Waals surface area contributed by atoms with Crippen LogP contribution in [0.1, 0.15) is 18.1 Å². The average Bonchev–Trinajstić information content (AvgIpc) is 2.16. The van der Waals surface area contributed by atoms with Gasteiger partial charge in [0.25, 0.3) is 10.1 Å². The Balaban J connectivity index is 0.000000673. The molecule has 0 aromatic heterocycles. The number of rotatable bonds is 2. The van der Waals surface area contributed by atoms with Crippen molar-refractivity contribution in [2.75, 3.05) is 14.1 Å². The van der Waals surface area contributed by atoms with Crippen molar-refractivity contribution in [2.45, 2.75) is 25.2 Å². The van der Waals surface area contributed by atoms with Crippen molar-refractivity contribution in [2.24, 2.45) is 0 Å². The minimum absolute atomic E-state index is 0.0144. The second-order valence-electron chi connectivity index (χ2n) is 3.44. The second-order valence-corrected chi connectivity index (χ2v) is 4.83. The highest BCUT2D eigenvalue weighted by molar-refractivity contribution is 7.85. The van der Waals surface area contributed by atoms with E-state index in [2.05, 4.69) is 5.32 Å². The molecular weight excluding hydrogens is 226 g/mol. The van der Waals surface area contributed by atoms with Gasteiger partial charge in [-0.3, -0.25) is 4.55 Å². The molecule has 0 radical (unpaired) electrons. The van der Waals surface area contributed by atoms with E-state index in [1.165, 1.54) is 6.07 Å². The summed E-state index contributed by atoms with van der Waals surface area (Å²) in [5.41, 5.74) is 1.65. The van der Waals surface area contributed by atoms with E-state index in [9.17, 15) is 8.42 Å². The minimum atomic E-state index is -4.06. The Hall–Kier alpha value is -0.910. The molecule has 0 saturated carbocycles. The molecule has 0 aliphatic rings. The molecule has 0 heterocycles. The molecule has 0 spiro atoms. The molecule has 1 aromatic carbocycles. The Morgan fingerprint density at radius 2 is 1.81 bits per heavy atom. The monoisotopic (exact) mass is 245 g/mol. The summed E-state index contributed by atoms with van der Waals surface area (Å²) in [5.74, 6) is 0. The molecule has 1 rings (SSSR count). The van der Waals surface area contributed by atoms with Crippen molar-refractivity contribution < 1.29 is 13.0 Å². The van der Waals surface area contributed by atoms with Crippen LogP contribution in [0.2, 0.25) is 0 Å². The first-order valence-electron chi connectivity index (χ1n) is 5.02. The van der Waals surface area contributed by atoms with E-state index in [4.69, 9.17) is 4.55 Å². The van der Waals surface area contributed by atoms with Gasteiger partial charge < -0.3 is 5.32 Å². The van der Waals surface area contributed by atoms with Crippen LogP contribution < -0.4 is 5.32 Å². The second kappa shape index (κ2) is 6.62. The van der Waals surface area contributed by atoms with Crippen molar-refractivity contribution >= 4 is 10.1 Å². The Morgan fingerprint density at radius 3 is 2.19 bits per heavy atom. The third-order valence-electron chi connectivity index (χ3n) is 1.87. The highest BCUT2D eigenvalue weighted by Crippen LogP contribution is 2.17. The highest BCUT2D eigenvalue weighted by atomic mass is 32.2. The van der Waals surface area contributed by atoms with Gasteiger partial charge in [0, 0.05) is 0 Å². The molecule has 1 aromatic rings. The number of benzene rings is 1. The van der Waals surface area contributed by atoms with Crippen LogP contribution in [-0.2, 0) is 16.5 Å². The SMILES string of the molecule is CCc1cc(C)ccc1S(=O)(=O)O.CNC. The molecular formula is C11H19NO3S. The van der Waals surface area contributed by atoms with Gasteiger partial charge in [0.05, 0.1) is 4.90 Å². The Morgan fingerprint density at radius 1 is 1.31 bits per heavy atom. The number of aryl methyl sites for hydroxylation is 2. The minimum Gasteiger partial charge on any atom is -0.323 e. The third-order valence-corrected chi connectivity index (χ3v) is 2.83. The number of hydrogen-bond acceptors (Lipinski definition) is 3. The topological polar surface area (TPSA) is 66.4 Å². The summed E-state index contributed by atoms with van der Waals surface area (Å²) in [4.78, 5) is 0.0144. The van der Waals surface area contributed by atoms with Crippen molar-refractivity contribution in [1.29, 1.82) is 0 Å². The van der Waals surface area contributed by atoms with Gasteiger partial charge in [-0.1, -0.05) is 24.6 Å². The van der Waals surface area contributed by atoms with Gasteiger partial charge in [-0.25, -0.2) is 0 Å². The number of nitrogens with one attached hydrogen (secondary N) is 1. The molecule has 0 bridgehead atoms. The Kier molecular flexibility index (Phi) is 6.25. The lowest BCUT2D eigenvalue weighted by atomic mass is 10.1. The standard InChI is InChI=1S/C9H12O3S.C2H7N/c1-3-8-6-7(2)4-5-9(8)13(10,11)12;1-3-2/h4-6H,3H2,1-2H3,(H,10,11,12);3H,1-2H3. The van der Waals surface area contributed by atoms with Crippen molar-refractivity contribution in [3.63, 3.8) is 0 Å². The molecule has 2 N–H and O–H groups in total. The fourth-order valence-electron chi connectivity index (χ4n) is 1.24. The Labute approximate surface area is 97.4 Å². The zero-order chi connectivity index (χ0) is 12.8. The molecule has 0 atom stereocenters. The van der Waals surface area contributed by atoms with Crippen LogP contribution in [0.3, 0.4) is 0 Å². The van der Waals surface area contributed by atoms with Crippen LogP contribution in [-0.4, -0.2) is 27.1 Å². The molecule has 0 aliphatic carbocycles. The zero-order valence-electron chi connectivity index (χ0n) is 10.1. The van der Waals surface area contributed by atoms with E-state index >= 15 is 0 Å². The largest absolute Gasteiger partial charge is 0.323 e. The van der Waals surface area contributed by atoms with Crippen LogP contribution >= 0.6 is 0 Å². The predicted molar refractivity (Wildman–Crippen MR) is 65.4 cm³/mol. The van der Waals surface area contributed by atoms with Crippen LogP contribution in [0.25, 0.3) is 0 Å². The van der Waals surface area contributed by atoms with Crippen LogP contribution in [0.4, 0.5) is 0 Å². The third kappa shape index (κ3) is 4.74. The van der Waals surface area contributed by atoms with E-state index < -0.39 is 10.1 Å². The first kappa shape index (κ1) is 15.1. The van der Waals surface area contributed by atoms with Crippen molar-refractivity contribution in [3.05, 3.63) is 29.3 Å². The molecule has 0 fully saturated rings. The maximum atomic E-state index is 10.9. The first-order chi connectivity index (χ1) is 7.36. The van der Waals surface area contributed by atoms with Crippen molar-refractivity contribution in [3.8, 4) is 0 Å². The van der Waals surface area contributed by atoms with Gasteiger partial charge in [-0.2, -0.15) is 8.42 Å². The summed E-state index contributed by atoms with van der Waals surface area (Å²) in [7, 11) is -0.312. The summed E-state index contributed by atoms with van der Waals surface area (Å²) in [6, 6.07) is 4.87. The predicted octanol–water partition coefficient (Wildman–Crippen LogP) is 1.64. The molecule has 16 heavy (non-hydrogen) atoms. The van der Waals surface area contributed by atoms with E-state index in [0.717, 1.165) is 5.56 Å². The first-order valence-corrected chi connectivity index (χ1v) is 6.46. The molecule has 0 amide bonds. The lowest BCUT2D eigenvalue weighted by Crippen LogP contribution is -2.02. The quantitative estimate of drug-likeness (QED) is 0.777. The maximum absolute atomic E-state index is 10.9. The van der Waals surface area contributed by atoms with Crippen LogP contribution in [0.5, 0.6) is 0 Å². The lowest BCUT2D eigenvalue weighted by Gasteiger charge is -2.05. The smallest absolute Gasteiger partial charge is 0.294 e. The fraction of sp³-hybridized carbons (Fsp3) is 0.455. The van der Waals surface area contributed by atoms with Crippen molar-refractivity contribution in [1.82, 2.24) is 5.32 Å². The van der Waals surface area contributed by atoms with Crippen LogP contribution in [0, 0.1) is 6.92 Å². The summed E-state index contributed by atoms with van der Waals surface area (Å²) < 4.78 is 30.6. The summed E-state index contributed by atoms with van der Waals surface area (Å²) >= 11 is 0. The molecule has 5 heteroatoms. The van der Waals surface area contributed by atoms with E-state index in [1.807, 2.05) is 27.9 Å². The molecule has 0 aliphatic heterocycles. The normalized spacial score (nSPS) is 10.6. The van der Waals surface area contributed by atoms with Gasteiger partial charge in [-0.15, -0.1) is 0 Å². The summed E-state index contributed by atoms with van der Waals surface area (Å²) in [5, 5.41) is 2.75. The lowest BCUT2D eigenvalue weighted by molar-refractivity contribution is 0.482. The van der Waals surface area contributed by atoms with Gasteiger partial charge in [0.15, 0.2) is 0 Å². The highest BCUT2D eigenvalue weighted by Gasteiger charge is 2.13. The van der Waals surface area contributed by atoms with Gasteiger partial charge in [0.1, 0.15) is 0 Å². The molecule has 4 nitrogen and oxygen atoms in total. The maximum Gasteiger partial charge on any atom is 0.294 e. The zero-order valence-corrected chi connectivity index (χ0v) is 10.9. The van der Waals surface area contributed by atoms with E-state index in [1.54, 1.807) is 12.1 Å². The van der Waals surface area contributed by atoms with Crippen LogP contribution in [0.15, 0.2) is 23.1 Å². The van der Waals surface area contributed by atoms with Gasteiger partial charge >= 0.3 is 0 Å². The van der Waals surface area contributed by atoms with Gasteiger partial charge in [-0.05, 0) is 39.1 Å². The molecule has 0 unspecified atom stereocenters.